The number of hydrogen-bond acceptors (Lipinski definition) is 6. The second kappa shape index (κ2) is 6.88. The van der Waals surface area contributed by atoms with Crippen molar-refractivity contribution in [2.24, 2.45) is 5.10 Å². The van der Waals surface area contributed by atoms with Crippen LogP contribution < -0.4 is 5.43 Å². The molecule has 0 radical (unpaired) electrons. The van der Waals surface area contributed by atoms with Gasteiger partial charge in [0.2, 0.25) is 5.75 Å². The Kier molecular flexibility index (Phi) is 4.91. The van der Waals surface area contributed by atoms with Gasteiger partial charge < -0.3 is 10.2 Å². The number of aromatic carboxylic acids is 1. The van der Waals surface area contributed by atoms with Crippen molar-refractivity contribution in [2.45, 2.75) is 0 Å². The molecule has 2 aromatic rings. The number of nitro groups is 1. The first kappa shape index (κ1) is 16.4. The number of nitro benzene ring substituents is 1. The van der Waals surface area contributed by atoms with E-state index in [0.29, 0.717) is 11.3 Å². The fraction of sp³-hybridized carbons (Fsp3) is 0. The number of nitrogens with one attached hydrogen (secondary N) is 1. The Bertz CT molecular complexity index is 790. The van der Waals surface area contributed by atoms with Gasteiger partial charge in [-0.2, -0.15) is 5.10 Å². The third kappa shape index (κ3) is 4.04. The maximum absolute atomic E-state index is 10.8. The molecule has 0 aliphatic heterocycles. The largest absolute Gasteiger partial charge is 0.501 e. The molecule has 0 fully saturated rings. The second-order valence-corrected chi connectivity index (χ2v) is 5.23. The summed E-state index contributed by atoms with van der Waals surface area (Å²) >= 11 is 3.03. The molecule has 8 nitrogen and oxygen atoms in total. The molecule has 0 saturated carbocycles. The smallest absolute Gasteiger partial charge is 0.335 e. The zero-order chi connectivity index (χ0) is 17.0. The first-order valence-corrected chi connectivity index (χ1v) is 6.97. The van der Waals surface area contributed by atoms with Gasteiger partial charge in [0.1, 0.15) is 0 Å². The van der Waals surface area contributed by atoms with Gasteiger partial charge in [0, 0.05) is 11.6 Å². The lowest BCUT2D eigenvalue weighted by Gasteiger charge is -2.02. The van der Waals surface area contributed by atoms with Crippen LogP contribution in [0.3, 0.4) is 0 Å². The molecule has 0 aliphatic carbocycles. The number of phenols is 1. The normalized spacial score (nSPS) is 10.7. The van der Waals surface area contributed by atoms with Crippen LogP contribution in [-0.2, 0) is 0 Å². The fourth-order valence-electron chi connectivity index (χ4n) is 1.69. The molecule has 0 saturated heterocycles. The van der Waals surface area contributed by atoms with Gasteiger partial charge in [0.05, 0.1) is 26.9 Å². The molecule has 0 bridgehead atoms. The summed E-state index contributed by atoms with van der Waals surface area (Å²) in [6, 6.07) is 8.57. The summed E-state index contributed by atoms with van der Waals surface area (Å²) in [4.78, 5) is 20.9. The van der Waals surface area contributed by atoms with Crippen molar-refractivity contribution in [1.82, 2.24) is 0 Å². The molecule has 0 aliphatic rings. The van der Waals surface area contributed by atoms with Crippen LogP contribution >= 0.6 is 15.9 Å². The standard InChI is InChI=1S/C14H10BrN3O5/c15-11-5-8(6-12(13(11)19)18(22)23)7-16-17-10-3-1-9(2-4-10)14(20)21/h1-7,17,19H,(H,20,21). The van der Waals surface area contributed by atoms with Crippen molar-refractivity contribution in [2.75, 3.05) is 5.43 Å². The van der Waals surface area contributed by atoms with Gasteiger partial charge in [-0.05, 0) is 46.3 Å². The molecule has 3 N–H and O–H groups in total. The Morgan fingerprint density at radius 2 is 1.96 bits per heavy atom. The fourth-order valence-corrected chi connectivity index (χ4v) is 2.15. The van der Waals surface area contributed by atoms with E-state index in [1.54, 1.807) is 0 Å². The van der Waals surface area contributed by atoms with Gasteiger partial charge in [-0.25, -0.2) is 4.79 Å². The molecule has 0 aromatic heterocycles. The Labute approximate surface area is 138 Å². The van der Waals surface area contributed by atoms with Crippen LogP contribution in [0.4, 0.5) is 11.4 Å². The highest BCUT2D eigenvalue weighted by molar-refractivity contribution is 9.10. The predicted octanol–water partition coefficient (Wildman–Crippen LogP) is 3.21. The first-order valence-electron chi connectivity index (χ1n) is 6.18. The minimum Gasteiger partial charge on any atom is -0.501 e. The molecule has 9 heteroatoms. The lowest BCUT2D eigenvalue weighted by molar-refractivity contribution is -0.386. The number of rotatable bonds is 5. The second-order valence-electron chi connectivity index (χ2n) is 4.38. The highest BCUT2D eigenvalue weighted by Crippen LogP contribution is 2.34. The van der Waals surface area contributed by atoms with Gasteiger partial charge in [0.15, 0.2) is 0 Å². The topological polar surface area (TPSA) is 125 Å². The molecule has 118 valence electrons. The van der Waals surface area contributed by atoms with Gasteiger partial charge in [0.25, 0.3) is 0 Å². The average molecular weight is 380 g/mol. The Hall–Kier alpha value is -2.94. The number of benzene rings is 2. The Morgan fingerprint density at radius 1 is 1.30 bits per heavy atom. The molecule has 2 aromatic carbocycles. The quantitative estimate of drug-likeness (QED) is 0.416. The maximum atomic E-state index is 10.8. The van der Waals surface area contributed by atoms with E-state index in [1.807, 2.05) is 0 Å². The number of hydrazone groups is 1. The Morgan fingerprint density at radius 3 is 2.52 bits per heavy atom. The van der Waals surface area contributed by atoms with Crippen molar-refractivity contribution < 1.29 is 19.9 Å². The van der Waals surface area contributed by atoms with Crippen LogP contribution in [0.25, 0.3) is 0 Å². The summed E-state index contributed by atoms with van der Waals surface area (Å²) in [7, 11) is 0. The lowest BCUT2D eigenvalue weighted by atomic mass is 10.2. The van der Waals surface area contributed by atoms with Crippen LogP contribution in [0.2, 0.25) is 0 Å². The third-order valence-electron chi connectivity index (χ3n) is 2.80. The summed E-state index contributed by atoms with van der Waals surface area (Å²) in [6.45, 7) is 0. The SMILES string of the molecule is O=C(O)c1ccc(NN=Cc2cc(Br)c(O)c([N+](=O)[O-])c2)cc1. The Balaban J connectivity index is 2.14. The zero-order valence-electron chi connectivity index (χ0n) is 11.4. The van der Waals surface area contributed by atoms with Crippen LogP contribution in [0.1, 0.15) is 15.9 Å². The van der Waals surface area contributed by atoms with E-state index in [9.17, 15) is 20.0 Å². The number of aromatic hydroxyl groups is 1. The minimum absolute atomic E-state index is 0.151. The van der Waals surface area contributed by atoms with E-state index in [4.69, 9.17) is 5.11 Å². The molecule has 0 spiro atoms. The summed E-state index contributed by atoms with van der Waals surface area (Å²) < 4.78 is 0.180. The number of phenolic OH excluding ortho intramolecular Hbond substituents is 1. The van der Waals surface area contributed by atoms with Crippen LogP contribution in [0, 0.1) is 10.1 Å². The molecule has 0 heterocycles. The van der Waals surface area contributed by atoms with Crippen molar-refractivity contribution >= 4 is 39.5 Å². The van der Waals surface area contributed by atoms with Gasteiger partial charge in [-0.1, -0.05) is 0 Å². The molecule has 0 unspecified atom stereocenters. The number of carbonyl (C=O) groups is 1. The number of carboxylic acids is 1. The maximum Gasteiger partial charge on any atom is 0.335 e. The third-order valence-corrected chi connectivity index (χ3v) is 3.41. The van der Waals surface area contributed by atoms with Crippen molar-refractivity contribution in [3.63, 3.8) is 0 Å². The first-order chi connectivity index (χ1) is 10.9. The molecule has 2 rings (SSSR count). The number of anilines is 1. The number of nitrogens with zero attached hydrogens (tertiary/aromatic N) is 2. The van der Waals surface area contributed by atoms with Gasteiger partial charge in [-0.15, -0.1) is 0 Å². The van der Waals surface area contributed by atoms with E-state index in [1.165, 1.54) is 42.6 Å². The summed E-state index contributed by atoms with van der Waals surface area (Å²) in [5, 5.41) is 33.1. The lowest BCUT2D eigenvalue weighted by Crippen LogP contribution is -1.97. The van der Waals surface area contributed by atoms with Gasteiger partial charge in [-0.3, -0.25) is 15.5 Å². The summed E-state index contributed by atoms with van der Waals surface area (Å²) in [5.41, 5.74) is 3.34. The number of hydrogen-bond donors (Lipinski definition) is 3. The van der Waals surface area contributed by atoms with Crippen LogP contribution in [-0.4, -0.2) is 27.3 Å². The van der Waals surface area contributed by atoms with E-state index in [2.05, 4.69) is 26.5 Å². The molecule has 23 heavy (non-hydrogen) atoms. The highest BCUT2D eigenvalue weighted by Gasteiger charge is 2.17. The number of halogens is 1. The van der Waals surface area contributed by atoms with Crippen LogP contribution in [0.15, 0.2) is 46.0 Å². The van der Waals surface area contributed by atoms with Crippen molar-refractivity contribution in [1.29, 1.82) is 0 Å². The molecule has 0 atom stereocenters. The van der Waals surface area contributed by atoms with E-state index in [0.717, 1.165) is 0 Å². The average Bonchev–Trinajstić information content (AvgIpc) is 2.50. The van der Waals surface area contributed by atoms with Crippen molar-refractivity contribution in [3.8, 4) is 5.75 Å². The molecule has 0 amide bonds. The van der Waals surface area contributed by atoms with Crippen molar-refractivity contribution in [3.05, 3.63) is 62.1 Å². The van der Waals surface area contributed by atoms with E-state index >= 15 is 0 Å². The highest BCUT2D eigenvalue weighted by atomic mass is 79.9. The van der Waals surface area contributed by atoms with E-state index in [-0.39, 0.29) is 10.0 Å². The van der Waals surface area contributed by atoms with E-state index < -0.39 is 22.3 Å². The van der Waals surface area contributed by atoms with Gasteiger partial charge >= 0.3 is 11.7 Å². The molecular formula is C14H10BrN3O5. The van der Waals surface area contributed by atoms with Crippen LogP contribution in [0.5, 0.6) is 5.75 Å². The molecular weight excluding hydrogens is 370 g/mol. The monoisotopic (exact) mass is 379 g/mol. The predicted molar refractivity (Wildman–Crippen MR) is 87.1 cm³/mol. The summed E-state index contributed by atoms with van der Waals surface area (Å²) in [6.07, 6.45) is 1.34. The number of carboxylic acid groups (broad SMARTS) is 1. The summed E-state index contributed by atoms with van der Waals surface area (Å²) in [5.74, 6) is -1.48. The zero-order valence-corrected chi connectivity index (χ0v) is 13.0. The minimum atomic E-state index is -1.03.